The van der Waals surface area contributed by atoms with Crippen molar-refractivity contribution in [3.8, 4) is 21.9 Å². The van der Waals surface area contributed by atoms with Gasteiger partial charge in [-0.25, -0.2) is 4.79 Å². The van der Waals surface area contributed by atoms with Crippen molar-refractivity contribution in [2.24, 2.45) is 0 Å². The second kappa shape index (κ2) is 14.0. The van der Waals surface area contributed by atoms with Gasteiger partial charge in [-0.3, -0.25) is 9.69 Å². The molecule has 3 aromatic carbocycles. The van der Waals surface area contributed by atoms with Crippen LogP contribution in [0.5, 0.6) is 11.5 Å². The highest BCUT2D eigenvalue weighted by Crippen LogP contribution is 2.39. The molecule has 0 aliphatic heterocycles. The summed E-state index contributed by atoms with van der Waals surface area (Å²) in [6.07, 6.45) is 1.62. The number of thiophene rings is 1. The number of methoxy groups -OCH3 is 2. The van der Waals surface area contributed by atoms with E-state index in [0.717, 1.165) is 49.0 Å². The van der Waals surface area contributed by atoms with Gasteiger partial charge in [0.1, 0.15) is 21.9 Å². The smallest absolute Gasteiger partial charge is 0.343 e. The van der Waals surface area contributed by atoms with E-state index < -0.39 is 5.97 Å². The summed E-state index contributed by atoms with van der Waals surface area (Å²) < 4.78 is 18.3. The summed E-state index contributed by atoms with van der Waals surface area (Å²) in [4.78, 5) is 31.2. The maximum absolute atomic E-state index is 14.2. The van der Waals surface area contributed by atoms with Gasteiger partial charge in [0.05, 0.1) is 32.8 Å². The Morgan fingerprint density at radius 2 is 1.66 bits per heavy atom. The Morgan fingerprint density at radius 1 is 0.955 bits per heavy atom. The van der Waals surface area contributed by atoms with E-state index in [1.165, 1.54) is 11.3 Å². The number of thiocarbonyl (C=S) groups is 1. The quantitative estimate of drug-likeness (QED) is 0.110. The van der Waals surface area contributed by atoms with E-state index in [9.17, 15) is 9.59 Å². The molecule has 9 heteroatoms. The topological polar surface area (TPSA) is 70.0 Å². The lowest BCUT2D eigenvalue weighted by atomic mass is 10.0. The zero-order valence-corrected chi connectivity index (χ0v) is 26.8. The van der Waals surface area contributed by atoms with Gasteiger partial charge in [0, 0.05) is 35.1 Å². The summed E-state index contributed by atoms with van der Waals surface area (Å²) in [5.74, 6) is 0.825. The molecular formula is C35H34N2O5S2. The Kier molecular flexibility index (Phi) is 9.89. The van der Waals surface area contributed by atoms with E-state index in [2.05, 4.69) is 11.0 Å². The first-order chi connectivity index (χ1) is 21.4. The van der Waals surface area contributed by atoms with Crippen LogP contribution in [0, 0.1) is 0 Å². The molecule has 0 radical (unpaired) electrons. The minimum Gasteiger partial charge on any atom is -0.497 e. The average molecular weight is 627 g/mol. The van der Waals surface area contributed by atoms with Gasteiger partial charge in [0.15, 0.2) is 0 Å². The molecule has 0 unspecified atom stereocenters. The van der Waals surface area contributed by atoms with Gasteiger partial charge in [0.2, 0.25) is 5.43 Å². The number of benzene rings is 3. The second-order valence-electron chi connectivity index (χ2n) is 10.3. The van der Waals surface area contributed by atoms with Crippen molar-refractivity contribution in [2.75, 3.05) is 27.9 Å². The predicted octanol–water partition coefficient (Wildman–Crippen LogP) is 6.95. The predicted molar refractivity (Wildman–Crippen MR) is 180 cm³/mol. The maximum atomic E-state index is 14.2. The van der Waals surface area contributed by atoms with Gasteiger partial charge in [0.25, 0.3) is 0 Å². The average Bonchev–Trinajstić information content (AvgIpc) is 3.42. The van der Waals surface area contributed by atoms with E-state index >= 15 is 0 Å². The van der Waals surface area contributed by atoms with Gasteiger partial charge in [-0.2, -0.15) is 0 Å². The number of carbonyl (C=O) groups is 1. The van der Waals surface area contributed by atoms with Crippen molar-refractivity contribution in [3.63, 3.8) is 0 Å². The fourth-order valence-electron chi connectivity index (χ4n) is 5.32. The summed E-state index contributed by atoms with van der Waals surface area (Å²) in [7, 11) is 5.28. The van der Waals surface area contributed by atoms with Crippen molar-refractivity contribution >= 4 is 45.1 Å². The molecule has 0 saturated heterocycles. The van der Waals surface area contributed by atoms with Crippen LogP contribution in [0.2, 0.25) is 0 Å². The number of rotatable bonds is 12. The summed E-state index contributed by atoms with van der Waals surface area (Å²) >= 11 is 6.79. The van der Waals surface area contributed by atoms with E-state index in [1.807, 2.05) is 78.3 Å². The Morgan fingerprint density at radius 3 is 2.34 bits per heavy atom. The molecule has 5 rings (SSSR count). The second-order valence-corrected chi connectivity index (χ2v) is 11.6. The Labute approximate surface area is 266 Å². The lowest BCUT2D eigenvalue weighted by Crippen LogP contribution is -2.23. The van der Waals surface area contributed by atoms with Crippen LogP contribution in [-0.4, -0.2) is 48.7 Å². The zero-order chi connectivity index (χ0) is 31.2. The molecule has 0 spiro atoms. The molecule has 0 saturated carbocycles. The summed E-state index contributed by atoms with van der Waals surface area (Å²) in [6.45, 7) is 3.37. The number of ether oxygens (including phenoxy) is 3. The van der Waals surface area contributed by atoms with Crippen LogP contribution in [0.1, 0.15) is 39.5 Å². The van der Waals surface area contributed by atoms with Crippen LogP contribution in [0.4, 0.5) is 0 Å². The molecule has 2 heterocycles. The molecule has 0 aliphatic rings. The van der Waals surface area contributed by atoms with Gasteiger partial charge in [-0.1, -0.05) is 54.7 Å². The highest BCUT2D eigenvalue weighted by atomic mass is 32.1. The first-order valence-corrected chi connectivity index (χ1v) is 15.5. The third-order valence-electron chi connectivity index (χ3n) is 7.44. The van der Waals surface area contributed by atoms with Crippen LogP contribution in [0.3, 0.4) is 0 Å². The number of aromatic nitrogens is 1. The number of para-hydroxylation sites is 1. The Hall–Kier alpha value is -4.31. The van der Waals surface area contributed by atoms with E-state index in [4.69, 9.17) is 26.4 Å². The monoisotopic (exact) mass is 626 g/mol. The number of fused-ring (bicyclic) bond motifs is 1. The van der Waals surface area contributed by atoms with Crippen LogP contribution < -0.4 is 14.9 Å². The highest BCUT2D eigenvalue weighted by molar-refractivity contribution is 7.79. The molecule has 0 bridgehead atoms. The fourth-order valence-corrected chi connectivity index (χ4v) is 6.84. The van der Waals surface area contributed by atoms with Crippen LogP contribution in [0.25, 0.3) is 20.7 Å². The number of carbonyl (C=O) groups excluding carboxylic acids is 1. The molecular weight excluding hydrogens is 593 g/mol. The Bertz CT molecular complexity index is 1860. The van der Waals surface area contributed by atoms with Crippen molar-refractivity contribution in [1.82, 2.24) is 9.47 Å². The van der Waals surface area contributed by atoms with Crippen molar-refractivity contribution in [2.45, 2.75) is 26.6 Å². The van der Waals surface area contributed by atoms with E-state index in [0.29, 0.717) is 25.0 Å². The first kappa shape index (κ1) is 31.1. The largest absolute Gasteiger partial charge is 0.497 e. The third-order valence-corrected chi connectivity index (χ3v) is 9.01. The SMILES string of the molecule is CCOC(=O)c1cn(Cc2ccccc2OC)c2sc(-c3ccc(OC)cc3)c(CN(C)Cc3ccccc3C=S)c2c1=O. The van der Waals surface area contributed by atoms with E-state index in [1.54, 1.807) is 32.7 Å². The molecule has 0 amide bonds. The molecule has 0 aliphatic carbocycles. The number of nitrogens with zero attached hydrogens (tertiary/aromatic N) is 2. The highest BCUT2D eigenvalue weighted by Gasteiger charge is 2.25. The standard InChI is InChI=1S/C35H34N2O5S2/c1-5-42-35(39)29-21-37(19-25-11-8-9-13-30(25)41-4)34-31(32(29)38)28(33(44-34)23-14-16-27(40-3)17-15-23)20-36(2)18-24-10-6-7-12-26(24)22-43/h6-17,21-22H,5,18-20H2,1-4H3. The summed E-state index contributed by atoms with van der Waals surface area (Å²) in [5.41, 5.74) is 4.47. The molecule has 226 valence electrons. The molecule has 0 fully saturated rings. The van der Waals surface area contributed by atoms with Crippen LogP contribution in [-0.2, 0) is 24.4 Å². The van der Waals surface area contributed by atoms with Gasteiger partial charge in [-0.05, 0) is 66.6 Å². The lowest BCUT2D eigenvalue weighted by Gasteiger charge is -2.19. The Balaban J connectivity index is 1.73. The normalized spacial score (nSPS) is 11.1. The zero-order valence-electron chi connectivity index (χ0n) is 25.2. The minimum absolute atomic E-state index is 0.00304. The third kappa shape index (κ3) is 6.45. The molecule has 0 atom stereocenters. The minimum atomic E-state index is -0.639. The molecule has 44 heavy (non-hydrogen) atoms. The first-order valence-electron chi connectivity index (χ1n) is 14.2. The number of hydrogen-bond acceptors (Lipinski definition) is 8. The van der Waals surface area contributed by atoms with Crippen molar-refractivity contribution < 1.29 is 19.0 Å². The molecule has 2 aromatic heterocycles. The molecule has 5 aromatic rings. The van der Waals surface area contributed by atoms with Crippen molar-refractivity contribution in [3.05, 3.63) is 117 Å². The summed E-state index contributed by atoms with van der Waals surface area (Å²) in [6, 6.07) is 23.6. The summed E-state index contributed by atoms with van der Waals surface area (Å²) in [5, 5.41) is 2.20. The van der Waals surface area contributed by atoms with E-state index in [-0.39, 0.29) is 17.6 Å². The molecule has 0 N–H and O–H groups in total. The maximum Gasteiger partial charge on any atom is 0.343 e. The number of esters is 1. The van der Waals surface area contributed by atoms with Crippen molar-refractivity contribution in [1.29, 1.82) is 0 Å². The number of pyridine rings is 1. The van der Waals surface area contributed by atoms with Gasteiger partial charge < -0.3 is 18.8 Å². The number of hydrogen-bond donors (Lipinski definition) is 0. The lowest BCUT2D eigenvalue weighted by molar-refractivity contribution is 0.0524. The van der Waals surface area contributed by atoms with Crippen LogP contribution >= 0.6 is 23.6 Å². The van der Waals surface area contributed by atoms with Crippen LogP contribution in [0.15, 0.2) is 83.8 Å². The van der Waals surface area contributed by atoms with Gasteiger partial charge >= 0.3 is 5.97 Å². The molecule has 7 nitrogen and oxygen atoms in total. The van der Waals surface area contributed by atoms with Gasteiger partial charge in [-0.15, -0.1) is 11.3 Å². The fraction of sp³-hybridized carbons (Fsp3) is 0.229.